The predicted octanol–water partition coefficient (Wildman–Crippen LogP) is 2.76. The fraction of sp³-hybridized carbons (Fsp3) is 0.619. The molecule has 154 valence electrons. The van der Waals surface area contributed by atoms with Crippen LogP contribution in [0.25, 0.3) is 0 Å². The summed E-state index contributed by atoms with van der Waals surface area (Å²) < 4.78 is 16.7. The minimum Gasteiger partial charge on any atom is -0.492 e. The number of anilines is 1. The van der Waals surface area contributed by atoms with E-state index < -0.39 is 0 Å². The Morgan fingerprint density at radius 3 is 2.82 bits per heavy atom. The second-order valence-corrected chi connectivity index (χ2v) is 7.30. The van der Waals surface area contributed by atoms with Gasteiger partial charge in [0.25, 0.3) is 0 Å². The SMILES string of the molecule is CCOC(=O)[C@H]1CCCCN1CC(=O)Nc1cc2c(cc1OCC)C[C@@H](C)O2. The molecule has 0 aromatic heterocycles. The summed E-state index contributed by atoms with van der Waals surface area (Å²) in [5.41, 5.74) is 1.69. The summed E-state index contributed by atoms with van der Waals surface area (Å²) in [5, 5.41) is 2.94. The van der Waals surface area contributed by atoms with Gasteiger partial charge in [-0.25, -0.2) is 0 Å². The van der Waals surface area contributed by atoms with Gasteiger partial charge in [-0.2, -0.15) is 0 Å². The molecule has 2 aliphatic heterocycles. The van der Waals surface area contributed by atoms with Crippen LogP contribution in [0.5, 0.6) is 11.5 Å². The molecule has 2 atom stereocenters. The molecule has 0 saturated carbocycles. The number of piperidine rings is 1. The highest BCUT2D eigenvalue weighted by atomic mass is 16.5. The van der Waals surface area contributed by atoms with Gasteiger partial charge in [0.1, 0.15) is 23.6 Å². The zero-order valence-electron chi connectivity index (χ0n) is 17.0. The Morgan fingerprint density at radius 2 is 2.07 bits per heavy atom. The zero-order valence-corrected chi connectivity index (χ0v) is 17.0. The highest BCUT2D eigenvalue weighted by Crippen LogP contribution is 2.38. The third-order valence-electron chi connectivity index (χ3n) is 5.09. The first-order valence-corrected chi connectivity index (χ1v) is 10.2. The van der Waals surface area contributed by atoms with Crippen molar-refractivity contribution < 1.29 is 23.8 Å². The van der Waals surface area contributed by atoms with Crippen molar-refractivity contribution >= 4 is 17.6 Å². The van der Waals surface area contributed by atoms with Gasteiger partial charge in [-0.3, -0.25) is 14.5 Å². The maximum Gasteiger partial charge on any atom is 0.323 e. The molecule has 3 rings (SSSR count). The van der Waals surface area contributed by atoms with Crippen molar-refractivity contribution in [2.75, 3.05) is 31.6 Å². The Kier molecular flexibility index (Phi) is 6.78. The van der Waals surface area contributed by atoms with E-state index in [4.69, 9.17) is 14.2 Å². The van der Waals surface area contributed by atoms with E-state index in [-0.39, 0.29) is 30.6 Å². The van der Waals surface area contributed by atoms with E-state index in [9.17, 15) is 9.59 Å². The van der Waals surface area contributed by atoms with E-state index in [2.05, 4.69) is 5.32 Å². The molecule has 28 heavy (non-hydrogen) atoms. The largest absolute Gasteiger partial charge is 0.492 e. The van der Waals surface area contributed by atoms with Crippen LogP contribution < -0.4 is 14.8 Å². The number of carbonyl (C=O) groups excluding carboxylic acids is 2. The first-order chi connectivity index (χ1) is 13.5. The number of esters is 1. The Bertz CT molecular complexity index is 721. The van der Waals surface area contributed by atoms with Gasteiger partial charge in [0, 0.05) is 18.1 Å². The highest BCUT2D eigenvalue weighted by molar-refractivity contribution is 5.94. The second kappa shape index (κ2) is 9.28. The first-order valence-electron chi connectivity index (χ1n) is 10.2. The van der Waals surface area contributed by atoms with Crippen LogP contribution in [0.3, 0.4) is 0 Å². The third kappa shape index (κ3) is 4.76. The van der Waals surface area contributed by atoms with E-state index in [1.54, 1.807) is 6.92 Å². The molecule has 2 heterocycles. The molecule has 0 radical (unpaired) electrons. The Balaban J connectivity index is 1.70. The van der Waals surface area contributed by atoms with Gasteiger partial charge in [-0.1, -0.05) is 6.42 Å². The Hall–Kier alpha value is -2.28. The van der Waals surface area contributed by atoms with E-state index in [1.165, 1.54) is 0 Å². The summed E-state index contributed by atoms with van der Waals surface area (Å²) in [4.78, 5) is 26.8. The van der Waals surface area contributed by atoms with Gasteiger partial charge >= 0.3 is 5.97 Å². The van der Waals surface area contributed by atoms with Gasteiger partial charge < -0.3 is 19.5 Å². The molecule has 1 saturated heterocycles. The maximum atomic E-state index is 12.7. The van der Waals surface area contributed by atoms with Crippen LogP contribution >= 0.6 is 0 Å². The van der Waals surface area contributed by atoms with Crippen LogP contribution in [-0.2, 0) is 20.7 Å². The molecule has 0 bridgehead atoms. The molecule has 0 unspecified atom stereocenters. The van der Waals surface area contributed by atoms with Crippen molar-refractivity contribution in [3.05, 3.63) is 17.7 Å². The van der Waals surface area contributed by atoms with Crippen molar-refractivity contribution in [3.63, 3.8) is 0 Å². The summed E-state index contributed by atoms with van der Waals surface area (Å²) in [6, 6.07) is 3.43. The number of likely N-dealkylation sites (tertiary alicyclic amines) is 1. The predicted molar refractivity (Wildman–Crippen MR) is 106 cm³/mol. The fourth-order valence-electron chi connectivity index (χ4n) is 3.87. The number of carbonyl (C=O) groups is 2. The van der Waals surface area contributed by atoms with E-state index in [0.717, 1.165) is 37.0 Å². The molecule has 7 heteroatoms. The molecule has 1 N–H and O–H groups in total. The number of fused-ring (bicyclic) bond motifs is 1. The molecule has 7 nitrogen and oxygen atoms in total. The van der Waals surface area contributed by atoms with Crippen molar-refractivity contribution in [1.82, 2.24) is 4.90 Å². The van der Waals surface area contributed by atoms with Crippen molar-refractivity contribution in [3.8, 4) is 11.5 Å². The number of ether oxygens (including phenoxy) is 3. The molecule has 2 aliphatic rings. The van der Waals surface area contributed by atoms with Crippen molar-refractivity contribution in [1.29, 1.82) is 0 Å². The molecule has 0 aliphatic carbocycles. The summed E-state index contributed by atoms with van der Waals surface area (Å²) in [5.74, 6) is 1.01. The minimum absolute atomic E-state index is 0.120. The summed E-state index contributed by atoms with van der Waals surface area (Å²) in [6.07, 6.45) is 3.61. The lowest BCUT2D eigenvalue weighted by atomic mass is 10.0. The third-order valence-corrected chi connectivity index (χ3v) is 5.09. The van der Waals surface area contributed by atoms with Gasteiger partial charge in [-0.05, 0) is 46.2 Å². The number of nitrogens with one attached hydrogen (secondary N) is 1. The number of hydrogen-bond donors (Lipinski definition) is 1. The van der Waals surface area contributed by atoms with E-state index in [1.807, 2.05) is 30.9 Å². The lowest BCUT2D eigenvalue weighted by molar-refractivity contribution is -0.151. The Morgan fingerprint density at radius 1 is 1.25 bits per heavy atom. The first kappa shape index (κ1) is 20.5. The summed E-state index contributed by atoms with van der Waals surface area (Å²) in [7, 11) is 0. The van der Waals surface area contributed by atoms with E-state index in [0.29, 0.717) is 31.2 Å². The lowest BCUT2D eigenvalue weighted by Gasteiger charge is -2.33. The van der Waals surface area contributed by atoms with Crippen LogP contribution in [0, 0.1) is 0 Å². The van der Waals surface area contributed by atoms with Crippen LogP contribution in [0.15, 0.2) is 12.1 Å². The van der Waals surface area contributed by atoms with Crippen LogP contribution in [0.4, 0.5) is 5.69 Å². The number of nitrogens with zero attached hydrogens (tertiary/aromatic N) is 1. The molecule has 1 aromatic rings. The average Bonchev–Trinajstić information content (AvgIpc) is 3.01. The zero-order chi connectivity index (χ0) is 20.1. The van der Waals surface area contributed by atoms with Gasteiger partial charge in [-0.15, -0.1) is 0 Å². The molecular weight excluding hydrogens is 360 g/mol. The normalized spacial score (nSPS) is 21.5. The molecule has 1 fully saturated rings. The molecule has 1 amide bonds. The number of benzene rings is 1. The smallest absolute Gasteiger partial charge is 0.323 e. The number of amides is 1. The van der Waals surface area contributed by atoms with Crippen LogP contribution in [0.2, 0.25) is 0 Å². The number of hydrogen-bond acceptors (Lipinski definition) is 6. The quantitative estimate of drug-likeness (QED) is 0.722. The average molecular weight is 390 g/mol. The lowest BCUT2D eigenvalue weighted by Crippen LogP contribution is -2.48. The highest BCUT2D eigenvalue weighted by Gasteiger charge is 2.31. The molecule has 0 spiro atoms. The Labute approximate surface area is 166 Å². The van der Waals surface area contributed by atoms with Gasteiger partial charge in [0.05, 0.1) is 25.4 Å². The monoisotopic (exact) mass is 390 g/mol. The summed E-state index contributed by atoms with van der Waals surface area (Å²) >= 11 is 0. The second-order valence-electron chi connectivity index (χ2n) is 7.30. The molecular formula is C21H30N2O5. The molecule has 1 aromatic carbocycles. The number of rotatable bonds is 7. The fourth-order valence-corrected chi connectivity index (χ4v) is 3.87. The topological polar surface area (TPSA) is 77.1 Å². The van der Waals surface area contributed by atoms with Crippen molar-refractivity contribution in [2.24, 2.45) is 0 Å². The summed E-state index contributed by atoms with van der Waals surface area (Å²) in [6.45, 7) is 7.43. The van der Waals surface area contributed by atoms with Crippen LogP contribution in [0.1, 0.15) is 45.6 Å². The van der Waals surface area contributed by atoms with Gasteiger partial charge in [0.15, 0.2) is 0 Å². The van der Waals surface area contributed by atoms with Gasteiger partial charge in [0.2, 0.25) is 5.91 Å². The van der Waals surface area contributed by atoms with E-state index >= 15 is 0 Å². The van der Waals surface area contributed by atoms with Crippen LogP contribution in [-0.4, -0.2) is 55.2 Å². The van der Waals surface area contributed by atoms with Crippen molar-refractivity contribution in [2.45, 2.75) is 58.6 Å². The standard InChI is InChI=1S/C21H30N2O5/c1-4-26-19-11-15-10-14(3)28-18(15)12-16(19)22-20(24)13-23-9-7-6-8-17(23)21(25)27-5-2/h11-12,14,17H,4-10,13H2,1-3H3,(H,22,24)/t14-,17-/m1/s1. The maximum absolute atomic E-state index is 12.7. The minimum atomic E-state index is -0.352.